The van der Waals surface area contributed by atoms with Crippen LogP contribution in [-0.2, 0) is 30.4 Å². The maximum atomic E-state index is 10.0. The van der Waals surface area contributed by atoms with Crippen molar-refractivity contribution in [2.75, 3.05) is 49.2 Å². The van der Waals surface area contributed by atoms with Crippen LogP contribution in [0.2, 0.25) is 0 Å². The molecule has 3 heterocycles. The highest BCUT2D eigenvalue weighted by molar-refractivity contribution is 7.14. The van der Waals surface area contributed by atoms with Crippen LogP contribution in [0, 0.1) is 22.7 Å². The summed E-state index contributed by atoms with van der Waals surface area (Å²) in [6.07, 6.45) is 33.7. The molecule has 2 N–H and O–H groups in total. The Morgan fingerprint density at radius 3 is 1.13 bits per heavy atom. The Balaban J connectivity index is 1.49. The molecule has 9 heteroatoms. The maximum absolute atomic E-state index is 10.0. The van der Waals surface area contributed by atoms with Crippen molar-refractivity contribution < 1.29 is 14.9 Å². The van der Waals surface area contributed by atoms with E-state index in [0.29, 0.717) is 30.2 Å². The average Bonchev–Trinajstić information content (AvgIpc) is 3.89. The number of benzene rings is 2. The van der Waals surface area contributed by atoms with E-state index in [1.54, 1.807) is 12.2 Å². The fraction of sp³-hybridized carbons (Fsp3) is 0.400. The summed E-state index contributed by atoms with van der Waals surface area (Å²) in [6.45, 7) is 16.3. The second kappa shape index (κ2) is 29.4. The minimum absolute atomic E-state index is 0.0471. The molecule has 0 spiro atoms. The van der Waals surface area contributed by atoms with Crippen LogP contribution in [0.1, 0.15) is 146 Å². The van der Waals surface area contributed by atoms with Gasteiger partial charge in [-0.15, -0.1) is 22.7 Å². The zero-order chi connectivity index (χ0) is 49.4. The number of hydrogen-bond acceptors (Lipinski definition) is 9. The van der Waals surface area contributed by atoms with Crippen molar-refractivity contribution in [1.82, 2.24) is 0 Å². The van der Waals surface area contributed by atoms with Crippen LogP contribution in [-0.4, -0.2) is 49.6 Å². The van der Waals surface area contributed by atoms with Gasteiger partial charge < -0.3 is 24.7 Å². The molecule has 0 radical (unpaired) electrons. The number of hydrogen-bond donors (Lipinski definition) is 2. The largest absolute Gasteiger partial charge is 0.457 e. The second-order valence-electron chi connectivity index (χ2n) is 17.4. The van der Waals surface area contributed by atoms with E-state index in [4.69, 9.17) is 4.74 Å². The molecule has 0 aliphatic carbocycles. The van der Waals surface area contributed by atoms with Crippen LogP contribution in [0.4, 0.5) is 11.4 Å². The third-order valence-corrected chi connectivity index (χ3v) is 14.9. The number of anilines is 2. The topological polar surface area (TPSA) is 104 Å². The SMILES string of the molecule is CCCCc1c(/C=C/C2=CC(=C(C#N)C#N)C=C(/C=C/c3sc(/C=C/c4ccc(N(CC)CCO)cc4)c(CCCC)c3CCCC)O2)sc(/C=C/c2ccc(N(CC)CCO)cc2)c1CCCC. The Kier molecular flexibility index (Phi) is 23.1. The lowest BCUT2D eigenvalue weighted by atomic mass is 9.97. The maximum Gasteiger partial charge on any atom is 0.137 e. The number of thiophene rings is 2. The molecular formula is C60H74N4O3S2. The van der Waals surface area contributed by atoms with E-state index in [1.807, 2.05) is 34.8 Å². The molecule has 0 saturated carbocycles. The normalized spacial score (nSPS) is 12.8. The van der Waals surface area contributed by atoms with Crippen molar-refractivity contribution in [1.29, 1.82) is 10.5 Å². The van der Waals surface area contributed by atoms with Gasteiger partial charge in [-0.1, -0.05) is 89.8 Å². The molecule has 0 saturated heterocycles. The first-order valence-corrected chi connectivity index (χ1v) is 27.0. The number of allylic oxidation sites excluding steroid dienone is 6. The van der Waals surface area contributed by atoms with Gasteiger partial charge in [0, 0.05) is 62.6 Å². The van der Waals surface area contributed by atoms with Gasteiger partial charge >= 0.3 is 0 Å². The molecule has 1 aliphatic rings. The first-order chi connectivity index (χ1) is 33.8. The van der Waals surface area contributed by atoms with Crippen LogP contribution in [0.5, 0.6) is 0 Å². The molecule has 2 aromatic carbocycles. The molecule has 1 aliphatic heterocycles. The molecule has 0 amide bonds. The molecule has 0 unspecified atom stereocenters. The molecule has 364 valence electrons. The number of nitrogens with zero attached hydrogens (tertiary/aromatic N) is 4. The zero-order valence-corrected chi connectivity index (χ0v) is 43.7. The van der Waals surface area contributed by atoms with E-state index in [2.05, 4.69) is 148 Å². The van der Waals surface area contributed by atoms with Gasteiger partial charge in [-0.25, -0.2) is 0 Å². The molecule has 0 fully saturated rings. The van der Waals surface area contributed by atoms with Gasteiger partial charge in [-0.2, -0.15) is 10.5 Å². The summed E-state index contributed by atoms with van der Waals surface area (Å²) in [5.41, 5.74) is 10.7. The number of aliphatic hydroxyl groups excluding tert-OH is 2. The number of nitriles is 2. The van der Waals surface area contributed by atoms with Gasteiger partial charge in [0.15, 0.2) is 0 Å². The molecule has 69 heavy (non-hydrogen) atoms. The van der Waals surface area contributed by atoms with Crippen LogP contribution in [0.3, 0.4) is 0 Å². The van der Waals surface area contributed by atoms with Crippen LogP contribution in [0.25, 0.3) is 36.5 Å². The molecule has 0 atom stereocenters. The average molecular weight is 963 g/mol. The third kappa shape index (κ3) is 15.7. The minimum atomic E-state index is 0.0471. The zero-order valence-electron chi connectivity index (χ0n) is 42.0. The highest BCUT2D eigenvalue weighted by Gasteiger charge is 2.19. The summed E-state index contributed by atoms with van der Waals surface area (Å²) < 4.78 is 6.60. The molecule has 4 aromatic rings. The lowest BCUT2D eigenvalue weighted by Crippen LogP contribution is -2.25. The highest BCUT2D eigenvalue weighted by atomic mass is 32.1. The quantitative estimate of drug-likeness (QED) is 0.0547. The fourth-order valence-corrected chi connectivity index (χ4v) is 11.0. The Morgan fingerprint density at radius 2 is 0.841 bits per heavy atom. The van der Waals surface area contributed by atoms with Gasteiger partial charge in [0.05, 0.1) is 13.2 Å². The number of rotatable bonds is 28. The molecular weight excluding hydrogens is 889 g/mol. The lowest BCUT2D eigenvalue weighted by molar-refractivity contribution is 0.302. The van der Waals surface area contributed by atoms with E-state index in [1.165, 1.54) is 41.8 Å². The Morgan fingerprint density at radius 1 is 0.507 bits per heavy atom. The summed E-state index contributed by atoms with van der Waals surface area (Å²) in [5.74, 6) is 1.15. The lowest BCUT2D eigenvalue weighted by Gasteiger charge is -2.21. The van der Waals surface area contributed by atoms with Crippen molar-refractivity contribution in [3.63, 3.8) is 0 Å². The number of unbranched alkanes of at least 4 members (excludes halogenated alkanes) is 4. The monoisotopic (exact) mass is 963 g/mol. The third-order valence-electron chi connectivity index (χ3n) is 12.5. The van der Waals surface area contributed by atoms with Gasteiger partial charge in [0.1, 0.15) is 29.2 Å². The van der Waals surface area contributed by atoms with Crippen LogP contribution >= 0.6 is 22.7 Å². The van der Waals surface area contributed by atoms with Gasteiger partial charge in [-0.3, -0.25) is 0 Å². The van der Waals surface area contributed by atoms with Crippen molar-refractivity contribution in [3.8, 4) is 12.1 Å². The molecule has 2 aromatic heterocycles. The van der Waals surface area contributed by atoms with E-state index in [-0.39, 0.29) is 18.8 Å². The minimum Gasteiger partial charge on any atom is -0.457 e. The molecule has 7 nitrogen and oxygen atoms in total. The van der Waals surface area contributed by atoms with Crippen LogP contribution in [0.15, 0.2) is 95.5 Å². The Hall–Kier alpha value is -5.68. The highest BCUT2D eigenvalue weighted by Crippen LogP contribution is 2.37. The molecule has 5 rings (SSSR count). The Bertz CT molecular complexity index is 2380. The summed E-state index contributed by atoms with van der Waals surface area (Å²) in [6, 6.07) is 21.3. The summed E-state index contributed by atoms with van der Waals surface area (Å²) in [7, 11) is 0. The summed E-state index contributed by atoms with van der Waals surface area (Å²) >= 11 is 3.62. The fourth-order valence-electron chi connectivity index (χ4n) is 8.57. The van der Waals surface area contributed by atoms with Crippen molar-refractivity contribution in [3.05, 3.63) is 148 Å². The first kappa shape index (κ1) is 54.3. The van der Waals surface area contributed by atoms with Gasteiger partial charge in [0.25, 0.3) is 0 Å². The van der Waals surface area contributed by atoms with E-state index in [0.717, 1.165) is 113 Å². The van der Waals surface area contributed by atoms with Crippen molar-refractivity contribution >= 4 is 70.5 Å². The smallest absolute Gasteiger partial charge is 0.137 e. The summed E-state index contributed by atoms with van der Waals surface area (Å²) in [4.78, 5) is 9.29. The van der Waals surface area contributed by atoms with E-state index in [9.17, 15) is 20.7 Å². The number of aliphatic hydroxyl groups is 2. The van der Waals surface area contributed by atoms with E-state index >= 15 is 0 Å². The predicted octanol–water partition coefficient (Wildman–Crippen LogP) is 15.0. The van der Waals surface area contributed by atoms with Crippen molar-refractivity contribution in [2.24, 2.45) is 0 Å². The van der Waals surface area contributed by atoms with Crippen molar-refractivity contribution in [2.45, 2.75) is 119 Å². The standard InChI is InChI=1S/C60H74N4O3S2/c1-7-13-17-53-55(19-15-9-3)59(68-57(53)33-25-45-21-27-49(28-22-45)63(11-5)37-39-65)35-31-51-41-47(48(43-61)44-62)42-52(67-51)32-36-60-56(20-16-10-4)54(18-14-8-2)58(69-60)34-26-46-23-29-50(30-24-46)64(12-6)38-40-66/h21-36,41-42,65-66H,7-20,37-40H2,1-6H3/b33-25+,34-26+,35-31+,36-32+. The summed E-state index contributed by atoms with van der Waals surface area (Å²) in [5, 5.41) is 39.1. The van der Waals surface area contributed by atoms with Gasteiger partial charge in [-0.05, 0) is 171 Å². The van der Waals surface area contributed by atoms with E-state index < -0.39 is 0 Å². The predicted molar refractivity (Wildman–Crippen MR) is 297 cm³/mol. The van der Waals surface area contributed by atoms with Crippen LogP contribution < -0.4 is 9.80 Å². The number of ether oxygens (including phenoxy) is 1. The first-order valence-electron chi connectivity index (χ1n) is 25.4. The Labute approximate surface area is 422 Å². The second-order valence-corrected chi connectivity index (χ2v) is 19.5. The van der Waals surface area contributed by atoms with Gasteiger partial charge in [0.2, 0.25) is 0 Å². The number of likely N-dealkylation sites (N-methyl/N-ethyl adjacent to an activating group) is 2. The molecule has 0 bridgehead atoms.